The number of rotatable bonds is 5. The highest BCUT2D eigenvalue weighted by Gasteiger charge is 2.21. The summed E-state index contributed by atoms with van der Waals surface area (Å²) in [7, 11) is 0. The fourth-order valence-corrected chi connectivity index (χ4v) is 2.66. The molecule has 0 saturated heterocycles. The lowest BCUT2D eigenvalue weighted by Crippen LogP contribution is -2.38. The lowest BCUT2D eigenvalue weighted by Gasteiger charge is -2.26. The topological polar surface area (TPSA) is 74.2 Å². The first-order valence-electron chi connectivity index (χ1n) is 7.86. The minimum Gasteiger partial charge on any atom is -0.393 e. The number of carbonyl (C=O) groups excluding carboxylic acids is 1. The second-order valence-corrected chi connectivity index (χ2v) is 5.60. The Morgan fingerprint density at radius 2 is 2.00 bits per heavy atom. The van der Waals surface area contributed by atoms with Crippen molar-refractivity contribution in [3.63, 3.8) is 0 Å². The Hall–Kier alpha value is -1.62. The van der Waals surface area contributed by atoms with Gasteiger partial charge in [-0.15, -0.1) is 0 Å². The molecule has 116 valence electrons. The Morgan fingerprint density at radius 1 is 1.29 bits per heavy atom. The number of aryl methyl sites for hydroxylation is 1. The number of hydrogen-bond donors (Lipinski definition) is 3. The van der Waals surface area contributed by atoms with Crippen LogP contribution in [0.1, 0.15) is 55.6 Å². The molecule has 21 heavy (non-hydrogen) atoms. The normalized spacial score (nSPS) is 21.9. The first-order chi connectivity index (χ1) is 10.1. The molecule has 5 nitrogen and oxygen atoms in total. The molecule has 1 saturated carbocycles. The van der Waals surface area contributed by atoms with Gasteiger partial charge in [-0.25, -0.2) is 4.98 Å². The zero-order valence-corrected chi connectivity index (χ0v) is 12.9. The maximum Gasteiger partial charge on any atom is 0.251 e. The molecule has 1 fully saturated rings. The van der Waals surface area contributed by atoms with E-state index in [0.29, 0.717) is 5.56 Å². The van der Waals surface area contributed by atoms with E-state index in [2.05, 4.69) is 15.6 Å². The number of pyridine rings is 1. The molecule has 1 aliphatic rings. The van der Waals surface area contributed by atoms with Crippen LogP contribution < -0.4 is 10.6 Å². The van der Waals surface area contributed by atoms with Crippen molar-refractivity contribution < 1.29 is 9.90 Å². The summed E-state index contributed by atoms with van der Waals surface area (Å²) in [6.45, 7) is 4.82. The number of aromatic nitrogens is 1. The van der Waals surface area contributed by atoms with Gasteiger partial charge in [-0.1, -0.05) is 6.92 Å². The summed E-state index contributed by atoms with van der Waals surface area (Å²) < 4.78 is 0. The molecule has 1 aliphatic carbocycles. The van der Waals surface area contributed by atoms with E-state index >= 15 is 0 Å². The third-order valence-corrected chi connectivity index (χ3v) is 3.89. The van der Waals surface area contributed by atoms with Gasteiger partial charge in [0.05, 0.1) is 6.10 Å². The van der Waals surface area contributed by atoms with E-state index in [1.54, 1.807) is 6.07 Å². The van der Waals surface area contributed by atoms with E-state index in [1.165, 1.54) is 0 Å². The van der Waals surface area contributed by atoms with Gasteiger partial charge in [0.15, 0.2) is 0 Å². The maximum absolute atomic E-state index is 12.4. The molecule has 1 heterocycles. The van der Waals surface area contributed by atoms with Crippen molar-refractivity contribution in [2.24, 2.45) is 0 Å². The van der Waals surface area contributed by atoms with Gasteiger partial charge in [0, 0.05) is 23.8 Å². The van der Waals surface area contributed by atoms with Gasteiger partial charge in [-0.2, -0.15) is 0 Å². The number of carbonyl (C=O) groups is 1. The molecule has 0 aliphatic heterocycles. The average Bonchev–Trinajstić information content (AvgIpc) is 2.49. The summed E-state index contributed by atoms with van der Waals surface area (Å²) in [6.07, 6.45) is 3.83. The van der Waals surface area contributed by atoms with E-state index < -0.39 is 0 Å². The van der Waals surface area contributed by atoms with Crippen molar-refractivity contribution >= 4 is 11.7 Å². The van der Waals surface area contributed by atoms with E-state index in [4.69, 9.17) is 0 Å². The van der Waals surface area contributed by atoms with E-state index in [1.807, 2.05) is 19.9 Å². The van der Waals surface area contributed by atoms with E-state index in [0.717, 1.165) is 50.2 Å². The monoisotopic (exact) mass is 291 g/mol. The minimum atomic E-state index is -0.203. The maximum atomic E-state index is 12.4. The zero-order valence-electron chi connectivity index (χ0n) is 12.9. The fourth-order valence-electron chi connectivity index (χ4n) is 2.66. The first kappa shape index (κ1) is 15.8. The van der Waals surface area contributed by atoms with Crippen LogP contribution in [-0.4, -0.2) is 34.7 Å². The Balaban J connectivity index is 2.05. The van der Waals surface area contributed by atoms with Crippen LogP contribution in [-0.2, 0) is 6.42 Å². The third kappa shape index (κ3) is 4.43. The molecule has 0 aromatic carbocycles. The lowest BCUT2D eigenvalue weighted by molar-refractivity contribution is 0.0867. The van der Waals surface area contributed by atoms with Crippen LogP contribution >= 0.6 is 0 Å². The Labute approximate surface area is 126 Å². The van der Waals surface area contributed by atoms with Crippen LogP contribution in [0.3, 0.4) is 0 Å². The molecule has 0 unspecified atom stereocenters. The molecule has 0 atom stereocenters. The summed E-state index contributed by atoms with van der Waals surface area (Å²) in [4.78, 5) is 16.8. The Morgan fingerprint density at radius 3 is 2.62 bits per heavy atom. The molecule has 0 radical (unpaired) electrons. The van der Waals surface area contributed by atoms with Gasteiger partial charge in [0.25, 0.3) is 5.91 Å². The van der Waals surface area contributed by atoms with Crippen LogP contribution in [0.15, 0.2) is 12.1 Å². The summed E-state index contributed by atoms with van der Waals surface area (Å²) >= 11 is 0. The number of anilines is 1. The smallest absolute Gasteiger partial charge is 0.251 e. The van der Waals surface area contributed by atoms with Gasteiger partial charge in [-0.3, -0.25) is 4.79 Å². The largest absolute Gasteiger partial charge is 0.393 e. The van der Waals surface area contributed by atoms with Crippen LogP contribution in [0.25, 0.3) is 0 Å². The van der Waals surface area contributed by atoms with E-state index in [9.17, 15) is 9.90 Å². The molecule has 0 bridgehead atoms. The summed E-state index contributed by atoms with van der Waals surface area (Å²) in [5.74, 6) is 0.703. The van der Waals surface area contributed by atoms with Crippen molar-refractivity contribution in [3.8, 4) is 0 Å². The predicted molar refractivity (Wildman–Crippen MR) is 83.5 cm³/mol. The van der Waals surface area contributed by atoms with Crippen LogP contribution in [0.4, 0.5) is 5.82 Å². The van der Waals surface area contributed by atoms with Crippen LogP contribution in [0.5, 0.6) is 0 Å². The van der Waals surface area contributed by atoms with Crippen molar-refractivity contribution in [2.75, 3.05) is 11.9 Å². The SMILES string of the molecule is CCNc1cc(C(=O)NC2CCC(O)CC2)cc(CC)n1. The summed E-state index contributed by atoms with van der Waals surface area (Å²) in [6, 6.07) is 3.82. The standard InChI is InChI=1S/C16H25N3O2/c1-3-12-9-11(10-15(18-12)17-4-2)16(21)19-13-5-7-14(20)8-6-13/h9-10,13-14,20H,3-8H2,1-2H3,(H,17,18)(H,19,21). The lowest BCUT2D eigenvalue weighted by atomic mass is 9.93. The highest BCUT2D eigenvalue weighted by atomic mass is 16.3. The zero-order chi connectivity index (χ0) is 15.2. The van der Waals surface area contributed by atoms with Gasteiger partial charge >= 0.3 is 0 Å². The highest BCUT2D eigenvalue weighted by molar-refractivity contribution is 5.95. The Kier molecular flexibility index (Phi) is 5.56. The second kappa shape index (κ2) is 7.41. The molecular formula is C16H25N3O2. The van der Waals surface area contributed by atoms with Crippen molar-refractivity contribution in [3.05, 3.63) is 23.4 Å². The second-order valence-electron chi connectivity index (χ2n) is 5.60. The van der Waals surface area contributed by atoms with Gasteiger partial charge in [0.2, 0.25) is 0 Å². The van der Waals surface area contributed by atoms with Gasteiger partial charge in [-0.05, 0) is 51.2 Å². The number of hydrogen-bond acceptors (Lipinski definition) is 4. The molecule has 2 rings (SSSR count). The van der Waals surface area contributed by atoms with Crippen molar-refractivity contribution in [2.45, 2.75) is 58.1 Å². The summed E-state index contributed by atoms with van der Waals surface area (Å²) in [5, 5.41) is 15.7. The van der Waals surface area contributed by atoms with Crippen LogP contribution in [0, 0.1) is 0 Å². The number of aliphatic hydroxyl groups excluding tert-OH is 1. The van der Waals surface area contributed by atoms with E-state index in [-0.39, 0.29) is 18.1 Å². The number of nitrogens with zero attached hydrogens (tertiary/aromatic N) is 1. The van der Waals surface area contributed by atoms with Crippen molar-refractivity contribution in [1.82, 2.24) is 10.3 Å². The van der Waals surface area contributed by atoms with Crippen molar-refractivity contribution in [1.29, 1.82) is 0 Å². The highest BCUT2D eigenvalue weighted by Crippen LogP contribution is 2.19. The molecule has 5 heteroatoms. The summed E-state index contributed by atoms with van der Waals surface area (Å²) in [5.41, 5.74) is 1.57. The molecule has 0 spiro atoms. The fraction of sp³-hybridized carbons (Fsp3) is 0.625. The quantitative estimate of drug-likeness (QED) is 0.777. The van der Waals surface area contributed by atoms with Gasteiger partial charge in [0.1, 0.15) is 5.82 Å². The first-order valence-corrected chi connectivity index (χ1v) is 7.86. The number of amides is 1. The molecular weight excluding hydrogens is 266 g/mol. The number of nitrogens with one attached hydrogen (secondary N) is 2. The molecule has 3 N–H and O–H groups in total. The number of aliphatic hydroxyl groups is 1. The Bertz CT molecular complexity index is 482. The van der Waals surface area contributed by atoms with Gasteiger partial charge < -0.3 is 15.7 Å². The minimum absolute atomic E-state index is 0.0485. The third-order valence-electron chi connectivity index (χ3n) is 3.89. The predicted octanol–water partition coefficient (Wildman–Crippen LogP) is 2.11. The molecule has 1 amide bonds. The average molecular weight is 291 g/mol. The van der Waals surface area contributed by atoms with Crippen LogP contribution in [0.2, 0.25) is 0 Å². The molecule has 1 aromatic rings. The molecule has 1 aromatic heterocycles.